The van der Waals surface area contributed by atoms with E-state index in [2.05, 4.69) is 5.32 Å². The first-order valence-electron chi connectivity index (χ1n) is 9.22. The van der Waals surface area contributed by atoms with Crippen molar-refractivity contribution in [3.05, 3.63) is 106 Å². The van der Waals surface area contributed by atoms with E-state index in [1.54, 1.807) is 41.3 Å². The van der Waals surface area contributed by atoms with Gasteiger partial charge in [-0.2, -0.15) is 0 Å². The third-order valence-electron chi connectivity index (χ3n) is 4.86. The van der Waals surface area contributed by atoms with Crippen LogP contribution in [0.3, 0.4) is 0 Å². The Balaban J connectivity index is 1.76. The molecule has 0 aromatic heterocycles. The van der Waals surface area contributed by atoms with Crippen LogP contribution < -0.4 is 10.2 Å². The van der Waals surface area contributed by atoms with Gasteiger partial charge in [0.05, 0.1) is 16.1 Å². The van der Waals surface area contributed by atoms with Crippen LogP contribution in [-0.4, -0.2) is 17.0 Å². The van der Waals surface area contributed by atoms with Crippen LogP contribution in [0.15, 0.2) is 78.9 Å². The quantitative estimate of drug-likeness (QED) is 0.506. The number of carbonyl (C=O) groups excluding carboxylic acids is 1. The zero-order chi connectivity index (χ0) is 20.4. The number of carbonyl (C=O) groups is 1. The molecule has 1 aliphatic rings. The lowest BCUT2D eigenvalue weighted by Gasteiger charge is -2.36. The largest absolute Gasteiger partial charge is 0.361 e. The van der Waals surface area contributed by atoms with Crippen LogP contribution in [0.1, 0.15) is 21.5 Å². The first-order valence-corrected chi connectivity index (χ1v) is 9.22. The highest BCUT2D eigenvalue weighted by Gasteiger charge is 2.31. The number of nitro groups is 1. The summed E-state index contributed by atoms with van der Waals surface area (Å²) < 4.78 is 0. The average Bonchev–Trinajstić information content (AvgIpc) is 2.73. The molecular formula is C23H19N3O3. The molecule has 29 heavy (non-hydrogen) atoms. The summed E-state index contributed by atoms with van der Waals surface area (Å²) in [6.07, 6.45) is 2.97. The molecule has 0 spiro atoms. The van der Waals surface area contributed by atoms with Gasteiger partial charge in [-0.3, -0.25) is 19.8 Å². The van der Waals surface area contributed by atoms with Crippen molar-refractivity contribution in [3.8, 4) is 0 Å². The number of anilines is 2. The van der Waals surface area contributed by atoms with Crippen LogP contribution >= 0.6 is 0 Å². The molecule has 3 aromatic carbocycles. The minimum Gasteiger partial charge on any atom is -0.361 e. The van der Waals surface area contributed by atoms with E-state index in [-0.39, 0.29) is 11.6 Å². The third-order valence-corrected chi connectivity index (χ3v) is 4.86. The standard InChI is InChI=1S/C23H19N3O3/c1-16-10-13-18(14-11-16)25-22(24-20-8-4-3-7-19(20)23(25)27)15-12-17-6-2-5-9-21(17)26(28)29/h2-15,22,24H,1H3/b15-12+. The maximum atomic E-state index is 13.2. The van der Waals surface area contributed by atoms with Crippen molar-refractivity contribution >= 4 is 29.0 Å². The van der Waals surface area contributed by atoms with Crippen LogP contribution in [0.4, 0.5) is 17.1 Å². The first kappa shape index (κ1) is 18.4. The van der Waals surface area contributed by atoms with Gasteiger partial charge in [0.15, 0.2) is 0 Å². The fourth-order valence-corrected chi connectivity index (χ4v) is 3.38. The molecule has 1 unspecified atom stereocenters. The zero-order valence-corrected chi connectivity index (χ0v) is 15.8. The predicted octanol–water partition coefficient (Wildman–Crippen LogP) is 5.02. The number of hydrogen-bond donors (Lipinski definition) is 1. The summed E-state index contributed by atoms with van der Waals surface area (Å²) in [7, 11) is 0. The van der Waals surface area contributed by atoms with E-state index in [9.17, 15) is 14.9 Å². The van der Waals surface area contributed by atoms with E-state index in [1.807, 2.05) is 49.4 Å². The molecule has 6 heteroatoms. The molecule has 144 valence electrons. The van der Waals surface area contributed by atoms with Crippen molar-refractivity contribution < 1.29 is 9.72 Å². The van der Waals surface area contributed by atoms with E-state index in [0.717, 1.165) is 16.9 Å². The van der Waals surface area contributed by atoms with Gasteiger partial charge in [0, 0.05) is 17.4 Å². The van der Waals surface area contributed by atoms with Crippen molar-refractivity contribution in [1.82, 2.24) is 0 Å². The number of hydrogen-bond acceptors (Lipinski definition) is 4. The Kier molecular flexibility index (Phi) is 4.83. The van der Waals surface area contributed by atoms with Crippen molar-refractivity contribution in [2.45, 2.75) is 13.1 Å². The predicted molar refractivity (Wildman–Crippen MR) is 114 cm³/mol. The number of benzene rings is 3. The molecule has 4 rings (SSSR count). The molecule has 0 radical (unpaired) electrons. The van der Waals surface area contributed by atoms with Gasteiger partial charge in [0.1, 0.15) is 6.17 Å². The smallest absolute Gasteiger partial charge is 0.276 e. The van der Waals surface area contributed by atoms with Crippen LogP contribution in [0, 0.1) is 17.0 Å². The Morgan fingerprint density at radius 3 is 2.45 bits per heavy atom. The first-order chi connectivity index (χ1) is 14.0. The van der Waals surface area contributed by atoms with Crippen LogP contribution in [0.25, 0.3) is 6.08 Å². The lowest BCUT2D eigenvalue weighted by Crippen LogP contribution is -2.48. The number of para-hydroxylation sites is 2. The van der Waals surface area contributed by atoms with Crippen molar-refractivity contribution in [2.24, 2.45) is 0 Å². The van der Waals surface area contributed by atoms with E-state index in [1.165, 1.54) is 6.07 Å². The van der Waals surface area contributed by atoms with Crippen molar-refractivity contribution in [3.63, 3.8) is 0 Å². The Morgan fingerprint density at radius 1 is 1.00 bits per heavy atom. The second-order valence-electron chi connectivity index (χ2n) is 6.82. The molecule has 1 atom stereocenters. The van der Waals surface area contributed by atoms with Gasteiger partial charge in [-0.05, 0) is 49.4 Å². The number of aryl methyl sites for hydroxylation is 1. The number of nitro benzene ring substituents is 1. The highest BCUT2D eigenvalue weighted by Crippen LogP contribution is 2.31. The SMILES string of the molecule is Cc1ccc(N2C(=O)c3ccccc3NC2/C=C/c2ccccc2[N+](=O)[O-])cc1. The highest BCUT2D eigenvalue weighted by atomic mass is 16.6. The number of fused-ring (bicyclic) bond motifs is 1. The van der Waals surface area contributed by atoms with Gasteiger partial charge in [-0.1, -0.05) is 42.0 Å². The van der Waals surface area contributed by atoms with E-state index < -0.39 is 11.1 Å². The Morgan fingerprint density at radius 2 is 1.69 bits per heavy atom. The van der Waals surface area contributed by atoms with E-state index in [0.29, 0.717) is 11.1 Å². The molecule has 0 saturated heterocycles. The maximum Gasteiger partial charge on any atom is 0.276 e. The Bertz CT molecular complexity index is 1110. The van der Waals surface area contributed by atoms with Gasteiger partial charge in [-0.25, -0.2) is 0 Å². The van der Waals surface area contributed by atoms with Crippen molar-refractivity contribution in [1.29, 1.82) is 0 Å². The van der Waals surface area contributed by atoms with Gasteiger partial charge in [0.2, 0.25) is 0 Å². The summed E-state index contributed by atoms with van der Waals surface area (Å²) in [5.74, 6) is -0.125. The highest BCUT2D eigenvalue weighted by molar-refractivity contribution is 6.12. The van der Waals surface area contributed by atoms with Gasteiger partial charge in [-0.15, -0.1) is 0 Å². The van der Waals surface area contributed by atoms with E-state index in [4.69, 9.17) is 0 Å². The molecule has 0 aliphatic carbocycles. The average molecular weight is 385 g/mol. The molecule has 1 N–H and O–H groups in total. The number of amides is 1. The molecule has 1 amide bonds. The zero-order valence-electron chi connectivity index (χ0n) is 15.8. The van der Waals surface area contributed by atoms with Crippen molar-refractivity contribution in [2.75, 3.05) is 10.2 Å². The maximum absolute atomic E-state index is 13.2. The fraction of sp³-hybridized carbons (Fsp3) is 0.0870. The minimum atomic E-state index is -0.486. The number of nitrogens with zero attached hydrogens (tertiary/aromatic N) is 2. The monoisotopic (exact) mass is 385 g/mol. The summed E-state index contributed by atoms with van der Waals surface area (Å²) in [5, 5.41) is 14.7. The molecule has 0 fully saturated rings. The lowest BCUT2D eigenvalue weighted by molar-refractivity contribution is -0.385. The normalized spacial score (nSPS) is 15.8. The lowest BCUT2D eigenvalue weighted by atomic mass is 10.0. The molecule has 1 heterocycles. The molecule has 3 aromatic rings. The molecule has 0 bridgehead atoms. The number of nitrogens with one attached hydrogen (secondary N) is 1. The summed E-state index contributed by atoms with van der Waals surface area (Å²) >= 11 is 0. The van der Waals surface area contributed by atoms with Crippen LogP contribution in [0.2, 0.25) is 0 Å². The van der Waals surface area contributed by atoms with Gasteiger partial charge >= 0.3 is 0 Å². The fourth-order valence-electron chi connectivity index (χ4n) is 3.38. The second kappa shape index (κ2) is 7.59. The van der Waals surface area contributed by atoms with E-state index >= 15 is 0 Å². The van der Waals surface area contributed by atoms with Gasteiger partial charge < -0.3 is 5.32 Å². The molecule has 0 saturated carbocycles. The van der Waals surface area contributed by atoms with Crippen LogP contribution in [0.5, 0.6) is 0 Å². The summed E-state index contributed by atoms with van der Waals surface area (Å²) in [6, 6.07) is 21.6. The third kappa shape index (κ3) is 3.60. The Hall–Kier alpha value is -3.93. The molecule has 1 aliphatic heterocycles. The molecular weight excluding hydrogens is 366 g/mol. The Labute approximate surface area is 168 Å². The second-order valence-corrected chi connectivity index (χ2v) is 6.82. The van der Waals surface area contributed by atoms with Crippen LogP contribution in [-0.2, 0) is 0 Å². The molecule has 6 nitrogen and oxygen atoms in total. The minimum absolute atomic E-state index is 0.0215. The van der Waals surface area contributed by atoms with Gasteiger partial charge in [0.25, 0.3) is 11.6 Å². The topological polar surface area (TPSA) is 75.5 Å². The summed E-state index contributed by atoms with van der Waals surface area (Å²) in [6.45, 7) is 1.99. The summed E-state index contributed by atoms with van der Waals surface area (Å²) in [5.41, 5.74) is 3.67. The number of rotatable bonds is 4. The summed E-state index contributed by atoms with van der Waals surface area (Å²) in [4.78, 5) is 25.8.